The average Bonchev–Trinajstić information content (AvgIpc) is 3.38. The lowest BCUT2D eigenvalue weighted by Gasteiger charge is -2.16. The SMILES string of the molecule is CC(F)(F)F.CN(C)c1ccc(N=Nc2ccc(S(=O)(=O)Cl)cc2)cc1.CN(C)c1cccc2c(S(=O)(=O)Cl)cccc12.COC(F)(F)F.C[N+](=O)[O-].O=S(=O)(Cl)c1ccccc1.O=S(=O)(Cl)c1ccccc1.O=S(=O)(Cl)c1ccccc1. The van der Waals surface area contributed by atoms with E-state index >= 15 is 0 Å². The van der Waals surface area contributed by atoms with Crippen LogP contribution in [0.3, 0.4) is 0 Å². The van der Waals surface area contributed by atoms with E-state index in [0.717, 1.165) is 29.5 Å². The van der Waals surface area contributed by atoms with Gasteiger partial charge in [0, 0.05) is 123 Å². The summed E-state index contributed by atoms with van der Waals surface area (Å²) in [6.45, 7) is 0.188. The Hall–Kier alpha value is -5.86. The molecular formula is C49H50Cl5F6N5O13S5. The summed E-state index contributed by atoms with van der Waals surface area (Å²) >= 11 is 0. The fourth-order valence-electron chi connectivity index (χ4n) is 5.22. The van der Waals surface area contributed by atoms with Crippen LogP contribution in [0.5, 0.6) is 0 Å². The standard InChI is InChI=1S/C14H14ClN3O2S.C12H12ClNO2S.3C6H5ClO2S.C2H3F3O.C2H3F3.CH3NO2/c1-18(2)13-7-3-11(4-8-13)16-17-12-5-9-14(10-6-12)21(15,19)20;1-14(2)11-7-3-6-10-9(11)5-4-8-12(10)17(13,15)16;3*7-10(8,9)6-4-2-1-3-5-6;1-6-2(3,4)5;1-2(3,4)5;1-2(3)4/h3-10H,1-2H3;3-8H,1-2H3;3*1-5H;1H3;1H3;1H3. The van der Waals surface area contributed by atoms with Gasteiger partial charge in [-0.05, 0) is 97.1 Å². The molecule has 0 amide bonds. The number of methoxy groups -OCH3 is 1. The number of alkyl halides is 6. The number of ether oxygens (including phenoxy) is 1. The Morgan fingerprint density at radius 3 is 0.976 bits per heavy atom. The molecule has 0 aliphatic carbocycles. The molecule has 18 nitrogen and oxygen atoms in total. The Kier molecular flexibility index (Phi) is 32.9. The fraction of sp³-hybridized carbons (Fsp3) is 0.184. The summed E-state index contributed by atoms with van der Waals surface area (Å²) in [4.78, 5) is 12.8. The van der Waals surface area contributed by atoms with Crippen molar-refractivity contribution in [2.24, 2.45) is 10.2 Å². The van der Waals surface area contributed by atoms with Crippen molar-refractivity contribution < 1.29 is 78.1 Å². The van der Waals surface area contributed by atoms with Crippen molar-refractivity contribution in [2.45, 2.75) is 43.9 Å². The van der Waals surface area contributed by atoms with Crippen LogP contribution in [0.15, 0.2) is 211 Å². The number of anilines is 2. The smallest absolute Gasteiger partial charge is 0.378 e. The van der Waals surface area contributed by atoms with E-state index in [1.54, 1.807) is 78.9 Å². The van der Waals surface area contributed by atoms with Gasteiger partial charge >= 0.3 is 12.5 Å². The lowest BCUT2D eigenvalue weighted by molar-refractivity contribution is -0.445. The van der Waals surface area contributed by atoms with Gasteiger partial charge in [0.05, 0.1) is 35.9 Å². The second-order valence-electron chi connectivity index (χ2n) is 15.6. The highest BCUT2D eigenvalue weighted by atomic mass is 35.7. The summed E-state index contributed by atoms with van der Waals surface area (Å²) in [5, 5.41) is 18.5. The second kappa shape index (κ2) is 35.4. The monoisotopic (exact) mass is 1370 g/mol. The molecule has 0 aromatic heterocycles. The summed E-state index contributed by atoms with van der Waals surface area (Å²) in [5.74, 6) is 0. The minimum Gasteiger partial charge on any atom is -0.378 e. The molecule has 0 N–H and O–H groups in total. The number of hydrogen-bond donors (Lipinski definition) is 0. The first-order valence-corrected chi connectivity index (χ1v) is 33.6. The van der Waals surface area contributed by atoms with Crippen LogP contribution in [0.1, 0.15) is 6.92 Å². The van der Waals surface area contributed by atoms with Gasteiger partial charge in [0.2, 0.25) is 0 Å². The van der Waals surface area contributed by atoms with Crippen molar-refractivity contribution in [1.82, 2.24) is 0 Å². The van der Waals surface area contributed by atoms with Crippen molar-refractivity contribution in [1.29, 1.82) is 0 Å². The highest BCUT2D eigenvalue weighted by molar-refractivity contribution is 8.15. The van der Waals surface area contributed by atoms with E-state index in [-0.39, 0.29) is 31.4 Å². The van der Waals surface area contributed by atoms with Crippen molar-refractivity contribution in [3.8, 4) is 0 Å². The first-order chi connectivity index (χ1) is 37.9. The fourth-order valence-corrected chi connectivity index (χ4v) is 9.45. The summed E-state index contributed by atoms with van der Waals surface area (Å²) in [6, 6.07) is 47.7. The zero-order valence-corrected chi connectivity index (χ0v) is 51.8. The molecule has 0 unspecified atom stereocenters. The number of nitro groups is 1. The molecule has 0 spiro atoms. The number of nitrogens with zero attached hydrogens (tertiary/aromatic N) is 5. The molecule has 83 heavy (non-hydrogen) atoms. The van der Waals surface area contributed by atoms with E-state index in [4.69, 9.17) is 63.5 Å². The minimum atomic E-state index is -4.46. The Balaban J connectivity index is 0.000000978. The predicted octanol–water partition coefficient (Wildman–Crippen LogP) is 14.4. The van der Waals surface area contributed by atoms with Crippen LogP contribution < -0.4 is 9.80 Å². The van der Waals surface area contributed by atoms with Gasteiger partial charge in [0.25, 0.3) is 45.3 Å². The quantitative estimate of drug-likeness (QED) is 0.0428. The van der Waals surface area contributed by atoms with Gasteiger partial charge in [0.15, 0.2) is 7.05 Å². The van der Waals surface area contributed by atoms with Gasteiger partial charge in [-0.3, -0.25) is 14.9 Å². The number of hydrogen-bond acceptors (Lipinski definition) is 17. The van der Waals surface area contributed by atoms with Crippen molar-refractivity contribution >= 4 is 132 Å². The van der Waals surface area contributed by atoms with Crippen LogP contribution >= 0.6 is 53.4 Å². The largest absolute Gasteiger partial charge is 0.522 e. The molecule has 0 fully saturated rings. The van der Waals surface area contributed by atoms with Crippen molar-refractivity contribution in [3.05, 3.63) is 186 Å². The van der Waals surface area contributed by atoms with Gasteiger partial charge in [-0.2, -0.15) is 23.4 Å². The van der Waals surface area contributed by atoms with E-state index in [9.17, 15) is 68.4 Å². The second-order valence-corrected chi connectivity index (χ2v) is 28.4. The minimum absolute atomic E-state index is 0.0402. The molecule has 0 aliphatic heterocycles. The normalized spacial score (nSPS) is 11.3. The number of azo groups is 1. The predicted molar refractivity (Wildman–Crippen MR) is 312 cm³/mol. The lowest BCUT2D eigenvalue weighted by Crippen LogP contribution is -2.09. The van der Waals surface area contributed by atoms with E-state index < -0.39 is 62.7 Å². The first-order valence-electron chi connectivity index (χ1n) is 22.0. The van der Waals surface area contributed by atoms with Crippen molar-refractivity contribution in [3.63, 3.8) is 0 Å². The molecule has 0 atom stereocenters. The van der Waals surface area contributed by atoms with E-state index in [0.29, 0.717) is 18.2 Å². The molecule has 7 rings (SSSR count). The van der Waals surface area contributed by atoms with Gasteiger partial charge in [-0.25, -0.2) is 42.1 Å². The molecule has 456 valence electrons. The summed E-state index contributed by atoms with van der Waals surface area (Å²) in [7, 11) is 17.0. The topological polar surface area (TPSA) is 254 Å². The Labute approximate surface area is 499 Å². The maximum absolute atomic E-state index is 11.5. The van der Waals surface area contributed by atoms with E-state index in [2.05, 4.69) is 15.0 Å². The van der Waals surface area contributed by atoms with Crippen LogP contribution in [0.4, 0.5) is 49.1 Å². The van der Waals surface area contributed by atoms with Crippen molar-refractivity contribution in [2.75, 3.05) is 52.1 Å². The maximum Gasteiger partial charge on any atom is 0.522 e. The summed E-state index contributed by atoms with van der Waals surface area (Å²) in [6.07, 6.45) is -8.46. The Morgan fingerprint density at radius 1 is 0.446 bits per heavy atom. The number of fused-ring (bicyclic) bond motifs is 1. The third kappa shape index (κ3) is 35.8. The van der Waals surface area contributed by atoms with Gasteiger partial charge in [0.1, 0.15) is 0 Å². The summed E-state index contributed by atoms with van der Waals surface area (Å²) < 4.78 is 174. The molecule has 0 heterocycles. The Bertz CT molecular complexity index is 3550. The first kappa shape index (κ1) is 77.1. The van der Waals surface area contributed by atoms with Gasteiger partial charge in [-0.15, -0.1) is 13.2 Å². The zero-order chi connectivity index (χ0) is 64.2. The van der Waals surface area contributed by atoms with Crippen LogP contribution in [0, 0.1) is 10.1 Å². The van der Waals surface area contributed by atoms with Crippen LogP contribution in [0.25, 0.3) is 10.8 Å². The van der Waals surface area contributed by atoms with E-state index in [1.165, 1.54) is 54.6 Å². The molecule has 0 aliphatic rings. The van der Waals surface area contributed by atoms with E-state index in [1.807, 2.05) is 80.5 Å². The molecule has 34 heteroatoms. The highest BCUT2D eigenvalue weighted by Crippen LogP contribution is 2.32. The molecule has 7 aromatic rings. The molecule has 0 saturated heterocycles. The zero-order valence-electron chi connectivity index (χ0n) is 44.0. The summed E-state index contributed by atoms with van der Waals surface area (Å²) in [5.41, 5.74) is 3.31. The van der Waals surface area contributed by atoms with Crippen LogP contribution in [0.2, 0.25) is 0 Å². The molecule has 0 saturated carbocycles. The van der Waals surface area contributed by atoms with Crippen LogP contribution in [-0.2, 0) is 50.0 Å². The van der Waals surface area contributed by atoms with Crippen LogP contribution in [-0.4, -0.2) is 102 Å². The third-order valence-corrected chi connectivity index (χ3v) is 15.5. The number of benzene rings is 7. The molecule has 0 bridgehead atoms. The number of rotatable bonds is 9. The molecular weight excluding hydrogens is 1320 g/mol. The Morgan fingerprint density at radius 2 is 0.723 bits per heavy atom. The maximum atomic E-state index is 11.5. The number of halogens is 11. The molecule has 0 radical (unpaired) electrons. The third-order valence-electron chi connectivity index (χ3n) is 8.67. The van der Waals surface area contributed by atoms with Gasteiger partial charge < -0.3 is 9.80 Å². The molecule has 7 aromatic carbocycles. The highest BCUT2D eigenvalue weighted by Gasteiger charge is 2.26. The lowest BCUT2D eigenvalue weighted by atomic mass is 10.1. The average molecular weight is 1370 g/mol. The van der Waals surface area contributed by atoms with Gasteiger partial charge in [-0.1, -0.05) is 78.9 Å².